The summed E-state index contributed by atoms with van der Waals surface area (Å²) in [7, 11) is 0. The van der Waals surface area contributed by atoms with Crippen molar-refractivity contribution in [1.82, 2.24) is 14.8 Å². The van der Waals surface area contributed by atoms with E-state index in [1.54, 1.807) is 6.08 Å². The smallest absolute Gasteiger partial charge is 0.0852 e. The second kappa shape index (κ2) is 8.35. The third-order valence-electron chi connectivity index (χ3n) is 5.58. The van der Waals surface area contributed by atoms with Crippen LogP contribution in [0.15, 0.2) is 79.5 Å². The van der Waals surface area contributed by atoms with E-state index in [2.05, 4.69) is 105 Å². The Kier molecular flexibility index (Phi) is 5.60. The number of rotatable bonds is 5. The third-order valence-corrected chi connectivity index (χ3v) is 5.58. The normalized spacial score (nSPS) is 11.5. The number of aromatic nitrogens is 3. The number of aryl methyl sites for hydroxylation is 1. The van der Waals surface area contributed by atoms with Crippen LogP contribution < -0.4 is 0 Å². The predicted octanol–water partition coefficient (Wildman–Crippen LogP) is 6.77. The molecule has 0 aliphatic rings. The zero-order valence-corrected chi connectivity index (χ0v) is 18.8. The van der Waals surface area contributed by atoms with Gasteiger partial charge in [0.15, 0.2) is 0 Å². The van der Waals surface area contributed by atoms with E-state index in [9.17, 15) is 0 Å². The summed E-state index contributed by atoms with van der Waals surface area (Å²) in [4.78, 5) is 4.67. The summed E-state index contributed by atoms with van der Waals surface area (Å²) in [5.74, 6) is 0. The maximum absolute atomic E-state index is 4.67. The number of benzene rings is 2. The molecular formula is C28H29N3. The van der Waals surface area contributed by atoms with E-state index in [0.717, 1.165) is 34.8 Å². The summed E-state index contributed by atoms with van der Waals surface area (Å²) >= 11 is 0. The fourth-order valence-corrected chi connectivity index (χ4v) is 3.65. The Morgan fingerprint density at radius 3 is 2.06 bits per heavy atom. The molecule has 0 radical (unpaired) electrons. The van der Waals surface area contributed by atoms with E-state index in [4.69, 9.17) is 0 Å². The van der Waals surface area contributed by atoms with Crippen molar-refractivity contribution in [3.8, 4) is 16.9 Å². The number of nitrogens with zero attached hydrogens (tertiary/aromatic N) is 3. The minimum atomic E-state index is 0.120. The van der Waals surface area contributed by atoms with Crippen molar-refractivity contribution in [3.63, 3.8) is 0 Å². The van der Waals surface area contributed by atoms with Crippen molar-refractivity contribution in [1.29, 1.82) is 0 Å². The molecule has 0 bridgehead atoms. The fourth-order valence-electron chi connectivity index (χ4n) is 3.65. The molecule has 2 heterocycles. The SMILES string of the molecule is C=Cc1cc(C)n(-c2ccc(Cc3ccc(-c4ccc(C(C)(C)C)cn4)cc3)cc2)n1. The molecule has 4 rings (SSSR count). The molecule has 0 saturated carbocycles. The van der Waals surface area contributed by atoms with E-state index in [1.165, 1.54) is 16.7 Å². The summed E-state index contributed by atoms with van der Waals surface area (Å²) in [6, 6.07) is 23.6. The van der Waals surface area contributed by atoms with Gasteiger partial charge in [-0.15, -0.1) is 0 Å². The van der Waals surface area contributed by atoms with Gasteiger partial charge in [-0.2, -0.15) is 5.10 Å². The second-order valence-electron chi connectivity index (χ2n) is 9.05. The molecule has 3 nitrogen and oxygen atoms in total. The van der Waals surface area contributed by atoms with Gasteiger partial charge in [-0.3, -0.25) is 4.98 Å². The van der Waals surface area contributed by atoms with Gasteiger partial charge in [0.2, 0.25) is 0 Å². The van der Waals surface area contributed by atoms with E-state index in [-0.39, 0.29) is 5.41 Å². The molecule has 3 heteroatoms. The first-order chi connectivity index (χ1) is 14.8. The fraction of sp³-hybridized carbons (Fsp3) is 0.214. The van der Waals surface area contributed by atoms with Crippen molar-refractivity contribution in [2.75, 3.05) is 0 Å². The maximum atomic E-state index is 4.67. The zero-order valence-electron chi connectivity index (χ0n) is 18.8. The third kappa shape index (κ3) is 4.66. The Morgan fingerprint density at radius 1 is 0.903 bits per heavy atom. The van der Waals surface area contributed by atoms with Crippen LogP contribution in [-0.2, 0) is 11.8 Å². The minimum absolute atomic E-state index is 0.120. The lowest BCUT2D eigenvalue weighted by Crippen LogP contribution is -2.11. The maximum Gasteiger partial charge on any atom is 0.0852 e. The monoisotopic (exact) mass is 407 g/mol. The van der Waals surface area contributed by atoms with E-state index in [1.807, 2.05) is 16.9 Å². The van der Waals surface area contributed by atoms with Crippen LogP contribution in [0.4, 0.5) is 0 Å². The molecule has 156 valence electrons. The average Bonchev–Trinajstić information content (AvgIpc) is 3.15. The van der Waals surface area contributed by atoms with E-state index in [0.29, 0.717) is 0 Å². The van der Waals surface area contributed by atoms with Gasteiger partial charge in [0, 0.05) is 17.5 Å². The van der Waals surface area contributed by atoms with E-state index < -0.39 is 0 Å². The largest absolute Gasteiger partial charge is 0.256 e. The molecular weight excluding hydrogens is 378 g/mol. The van der Waals surface area contributed by atoms with E-state index >= 15 is 0 Å². The lowest BCUT2D eigenvalue weighted by atomic mass is 9.88. The van der Waals surface area contributed by atoms with Gasteiger partial charge >= 0.3 is 0 Å². The van der Waals surface area contributed by atoms with Crippen LogP contribution in [0, 0.1) is 6.92 Å². The molecule has 0 unspecified atom stereocenters. The van der Waals surface area contributed by atoms with Gasteiger partial charge in [-0.05, 0) is 65.8 Å². The van der Waals surface area contributed by atoms with Crippen LogP contribution in [-0.4, -0.2) is 14.8 Å². The standard InChI is InChI=1S/C28H29N3/c1-6-25-17-20(2)31(30-25)26-14-9-22(10-15-26)18-21-7-11-23(12-8-21)27-16-13-24(19-29-27)28(3,4)5/h6-17,19H,1,18H2,2-5H3. The lowest BCUT2D eigenvalue weighted by Gasteiger charge is -2.18. The summed E-state index contributed by atoms with van der Waals surface area (Å²) in [6.07, 6.45) is 4.66. The van der Waals surface area contributed by atoms with Crippen LogP contribution in [0.2, 0.25) is 0 Å². The summed E-state index contributed by atoms with van der Waals surface area (Å²) < 4.78 is 1.95. The first-order valence-electron chi connectivity index (χ1n) is 10.7. The molecule has 0 saturated heterocycles. The van der Waals surface area contributed by atoms with Crippen molar-refractivity contribution < 1.29 is 0 Å². The Hall–Kier alpha value is -3.46. The highest BCUT2D eigenvalue weighted by atomic mass is 15.3. The first kappa shape index (κ1) is 20.8. The van der Waals surface area contributed by atoms with Crippen molar-refractivity contribution in [2.45, 2.75) is 39.5 Å². The molecule has 2 aromatic carbocycles. The van der Waals surface area contributed by atoms with Gasteiger partial charge in [0.1, 0.15) is 0 Å². The second-order valence-corrected chi connectivity index (χ2v) is 9.05. The highest BCUT2D eigenvalue weighted by Crippen LogP contribution is 2.25. The zero-order chi connectivity index (χ0) is 22.0. The summed E-state index contributed by atoms with van der Waals surface area (Å²) in [5.41, 5.74) is 9.15. The Balaban J connectivity index is 1.46. The van der Waals surface area contributed by atoms with Crippen LogP contribution >= 0.6 is 0 Å². The molecule has 0 N–H and O–H groups in total. The topological polar surface area (TPSA) is 30.7 Å². The van der Waals surface area contributed by atoms with Crippen molar-refractivity contribution in [3.05, 3.63) is 108 Å². The minimum Gasteiger partial charge on any atom is -0.256 e. The van der Waals surface area contributed by atoms with Gasteiger partial charge in [0.05, 0.1) is 17.1 Å². The highest BCUT2D eigenvalue weighted by Gasteiger charge is 2.14. The van der Waals surface area contributed by atoms with Crippen molar-refractivity contribution >= 4 is 6.08 Å². The molecule has 0 fully saturated rings. The Morgan fingerprint density at radius 2 is 1.55 bits per heavy atom. The number of pyridine rings is 1. The Labute approximate surface area is 185 Å². The predicted molar refractivity (Wildman–Crippen MR) is 130 cm³/mol. The van der Waals surface area contributed by atoms with Crippen LogP contribution in [0.25, 0.3) is 23.0 Å². The van der Waals surface area contributed by atoms with Crippen LogP contribution in [0.3, 0.4) is 0 Å². The van der Waals surface area contributed by atoms with Gasteiger partial charge in [0.25, 0.3) is 0 Å². The highest BCUT2D eigenvalue weighted by molar-refractivity contribution is 5.59. The molecule has 2 aromatic heterocycles. The van der Waals surface area contributed by atoms with Crippen molar-refractivity contribution in [2.24, 2.45) is 0 Å². The van der Waals surface area contributed by atoms with Gasteiger partial charge in [-0.1, -0.05) is 69.8 Å². The molecule has 0 aliphatic carbocycles. The van der Waals surface area contributed by atoms with Gasteiger partial charge in [-0.25, -0.2) is 4.68 Å². The summed E-state index contributed by atoms with van der Waals surface area (Å²) in [5, 5.41) is 4.56. The molecule has 0 aliphatic heterocycles. The summed E-state index contributed by atoms with van der Waals surface area (Å²) in [6.45, 7) is 12.5. The molecule has 0 amide bonds. The average molecular weight is 408 g/mol. The lowest BCUT2D eigenvalue weighted by molar-refractivity contribution is 0.587. The molecule has 0 atom stereocenters. The molecule has 31 heavy (non-hydrogen) atoms. The van der Waals surface area contributed by atoms with Crippen LogP contribution in [0.5, 0.6) is 0 Å². The number of hydrogen-bond donors (Lipinski definition) is 0. The van der Waals surface area contributed by atoms with Crippen LogP contribution in [0.1, 0.15) is 48.8 Å². The molecule has 4 aromatic rings. The number of hydrogen-bond acceptors (Lipinski definition) is 2. The molecule has 0 spiro atoms. The first-order valence-corrected chi connectivity index (χ1v) is 10.7. The quantitative estimate of drug-likeness (QED) is 0.365. The Bertz CT molecular complexity index is 1170. The van der Waals surface area contributed by atoms with Gasteiger partial charge < -0.3 is 0 Å².